The second-order valence-electron chi connectivity index (χ2n) is 5.18. The smallest absolute Gasteiger partial charge is 0.0546 e. The molecule has 0 saturated heterocycles. The van der Waals surface area contributed by atoms with E-state index in [1.54, 1.807) is 0 Å². The number of nitrogens with two attached hydrogens (primary N) is 1. The normalized spacial score (nSPS) is 12.9. The molecule has 0 spiro atoms. The fourth-order valence-electron chi connectivity index (χ4n) is 2.09. The Morgan fingerprint density at radius 2 is 1.29 bits per heavy atom. The van der Waals surface area contributed by atoms with E-state index in [9.17, 15) is 0 Å². The van der Waals surface area contributed by atoms with Crippen molar-refractivity contribution in [1.82, 2.24) is 5.32 Å². The molecule has 0 heterocycles. The van der Waals surface area contributed by atoms with Gasteiger partial charge in [-0.3, -0.25) is 0 Å². The van der Waals surface area contributed by atoms with Crippen LogP contribution in [0.5, 0.6) is 0 Å². The van der Waals surface area contributed by atoms with Crippen LogP contribution in [0.4, 0.5) is 0 Å². The third-order valence-electron chi connectivity index (χ3n) is 3.31. The van der Waals surface area contributed by atoms with Crippen LogP contribution in [-0.4, -0.2) is 12.7 Å². The zero-order valence-corrected chi connectivity index (χ0v) is 12.1. The molecule has 0 aliphatic carbocycles. The number of rotatable bonds is 13. The summed E-state index contributed by atoms with van der Waals surface area (Å²) in [6.45, 7) is 5.61. The van der Waals surface area contributed by atoms with Gasteiger partial charge < -0.3 is 11.1 Å². The molecule has 1 atom stereocenters. The zero-order valence-electron chi connectivity index (χ0n) is 12.1. The molecule has 0 aromatic carbocycles. The van der Waals surface area contributed by atoms with E-state index in [1.165, 1.54) is 64.2 Å². The highest BCUT2D eigenvalue weighted by Gasteiger charge is 2.00. The molecule has 2 nitrogen and oxygen atoms in total. The summed E-state index contributed by atoms with van der Waals surface area (Å²) in [6, 6.07) is 0. The van der Waals surface area contributed by atoms with E-state index < -0.39 is 0 Å². The van der Waals surface area contributed by atoms with Gasteiger partial charge in [0.1, 0.15) is 0 Å². The van der Waals surface area contributed by atoms with Gasteiger partial charge in [-0.1, -0.05) is 71.6 Å². The summed E-state index contributed by atoms with van der Waals surface area (Å²) in [7, 11) is 0. The van der Waals surface area contributed by atoms with Crippen molar-refractivity contribution >= 4 is 0 Å². The van der Waals surface area contributed by atoms with Crippen LogP contribution in [0.3, 0.4) is 0 Å². The molecule has 0 aliphatic heterocycles. The molecule has 104 valence electrons. The molecule has 0 fully saturated rings. The van der Waals surface area contributed by atoms with Crippen LogP contribution in [0.15, 0.2) is 0 Å². The van der Waals surface area contributed by atoms with Crippen molar-refractivity contribution in [3.63, 3.8) is 0 Å². The summed E-state index contributed by atoms with van der Waals surface area (Å²) >= 11 is 0. The standard InChI is InChI=1S/C15H34N2/c1-3-5-7-9-10-12-14-17-15(16)13-11-8-6-4-2/h15,17H,3-14,16H2,1-2H3. The number of hydrogen-bond donors (Lipinski definition) is 2. The summed E-state index contributed by atoms with van der Waals surface area (Å²) in [5, 5.41) is 3.43. The van der Waals surface area contributed by atoms with Gasteiger partial charge in [-0.2, -0.15) is 0 Å². The molecule has 0 amide bonds. The van der Waals surface area contributed by atoms with Crippen molar-refractivity contribution in [1.29, 1.82) is 0 Å². The minimum absolute atomic E-state index is 0.225. The monoisotopic (exact) mass is 242 g/mol. The Bertz CT molecular complexity index is 137. The molecular formula is C15H34N2. The molecule has 1 unspecified atom stereocenters. The lowest BCUT2D eigenvalue weighted by molar-refractivity contribution is 0.454. The van der Waals surface area contributed by atoms with Crippen LogP contribution in [0.25, 0.3) is 0 Å². The van der Waals surface area contributed by atoms with Gasteiger partial charge in [0.25, 0.3) is 0 Å². The first kappa shape index (κ1) is 16.9. The van der Waals surface area contributed by atoms with E-state index >= 15 is 0 Å². The molecule has 2 heteroatoms. The van der Waals surface area contributed by atoms with E-state index in [1.807, 2.05) is 0 Å². The fraction of sp³-hybridized carbons (Fsp3) is 1.00. The first-order valence-electron chi connectivity index (χ1n) is 7.80. The highest BCUT2D eigenvalue weighted by molar-refractivity contribution is 4.59. The fourth-order valence-corrected chi connectivity index (χ4v) is 2.09. The average molecular weight is 242 g/mol. The Kier molecular flexibility index (Phi) is 13.9. The summed E-state index contributed by atoms with van der Waals surface area (Å²) in [4.78, 5) is 0. The van der Waals surface area contributed by atoms with Crippen LogP contribution in [-0.2, 0) is 0 Å². The highest BCUT2D eigenvalue weighted by atomic mass is 15.0. The maximum atomic E-state index is 6.01. The third-order valence-corrected chi connectivity index (χ3v) is 3.31. The van der Waals surface area contributed by atoms with Crippen LogP contribution in [0.2, 0.25) is 0 Å². The molecule has 17 heavy (non-hydrogen) atoms. The van der Waals surface area contributed by atoms with E-state index in [2.05, 4.69) is 19.2 Å². The lowest BCUT2D eigenvalue weighted by Gasteiger charge is -2.13. The maximum absolute atomic E-state index is 6.01. The lowest BCUT2D eigenvalue weighted by atomic mass is 10.1. The predicted molar refractivity (Wildman–Crippen MR) is 78.1 cm³/mol. The minimum atomic E-state index is 0.225. The molecular weight excluding hydrogens is 208 g/mol. The quantitative estimate of drug-likeness (QED) is 0.375. The second-order valence-corrected chi connectivity index (χ2v) is 5.18. The zero-order chi connectivity index (χ0) is 12.8. The largest absolute Gasteiger partial charge is 0.316 e. The Balaban J connectivity index is 3.08. The molecule has 0 radical (unpaired) electrons. The van der Waals surface area contributed by atoms with Gasteiger partial charge >= 0.3 is 0 Å². The Labute approximate surface area is 109 Å². The second kappa shape index (κ2) is 14.0. The maximum Gasteiger partial charge on any atom is 0.0546 e. The first-order valence-corrected chi connectivity index (χ1v) is 7.80. The molecule has 0 bridgehead atoms. The minimum Gasteiger partial charge on any atom is -0.316 e. The molecule has 3 N–H and O–H groups in total. The van der Waals surface area contributed by atoms with E-state index in [4.69, 9.17) is 5.73 Å². The predicted octanol–water partition coefficient (Wildman–Crippen LogP) is 4.19. The summed E-state index contributed by atoms with van der Waals surface area (Å²) in [5.41, 5.74) is 6.01. The summed E-state index contributed by atoms with van der Waals surface area (Å²) in [6.07, 6.45) is 14.8. The summed E-state index contributed by atoms with van der Waals surface area (Å²) < 4.78 is 0. The van der Waals surface area contributed by atoms with E-state index in [0.717, 1.165) is 13.0 Å². The summed E-state index contributed by atoms with van der Waals surface area (Å²) in [5.74, 6) is 0. The van der Waals surface area contributed by atoms with Crippen molar-refractivity contribution < 1.29 is 0 Å². The van der Waals surface area contributed by atoms with Gasteiger partial charge in [-0.05, 0) is 19.4 Å². The number of hydrogen-bond acceptors (Lipinski definition) is 2. The van der Waals surface area contributed by atoms with Gasteiger partial charge in [0.2, 0.25) is 0 Å². The molecule has 0 saturated carbocycles. The van der Waals surface area contributed by atoms with Gasteiger partial charge in [0, 0.05) is 0 Å². The Morgan fingerprint density at radius 3 is 1.94 bits per heavy atom. The van der Waals surface area contributed by atoms with Crippen molar-refractivity contribution in [2.75, 3.05) is 6.54 Å². The first-order chi connectivity index (χ1) is 8.31. The molecule has 0 aromatic rings. The Hall–Kier alpha value is -0.0800. The van der Waals surface area contributed by atoms with Gasteiger partial charge in [-0.15, -0.1) is 0 Å². The molecule has 0 aromatic heterocycles. The number of unbranched alkanes of at least 4 members (excludes halogenated alkanes) is 8. The van der Waals surface area contributed by atoms with Crippen LogP contribution in [0, 0.1) is 0 Å². The number of nitrogens with one attached hydrogen (secondary N) is 1. The van der Waals surface area contributed by atoms with E-state index in [-0.39, 0.29) is 6.17 Å². The average Bonchev–Trinajstić information content (AvgIpc) is 2.33. The van der Waals surface area contributed by atoms with Gasteiger partial charge in [-0.25, -0.2) is 0 Å². The SMILES string of the molecule is CCCCCCCCNC(N)CCCCCC. The lowest BCUT2D eigenvalue weighted by Crippen LogP contribution is -2.37. The van der Waals surface area contributed by atoms with Crippen LogP contribution >= 0.6 is 0 Å². The third kappa shape index (κ3) is 13.9. The van der Waals surface area contributed by atoms with Crippen LogP contribution in [0.1, 0.15) is 84.5 Å². The topological polar surface area (TPSA) is 38.0 Å². The molecule has 0 rings (SSSR count). The van der Waals surface area contributed by atoms with Crippen molar-refractivity contribution in [2.24, 2.45) is 5.73 Å². The van der Waals surface area contributed by atoms with Crippen LogP contribution < -0.4 is 11.1 Å². The van der Waals surface area contributed by atoms with E-state index in [0.29, 0.717) is 0 Å². The Morgan fingerprint density at radius 1 is 0.765 bits per heavy atom. The molecule has 0 aliphatic rings. The van der Waals surface area contributed by atoms with Gasteiger partial charge in [0.15, 0.2) is 0 Å². The highest BCUT2D eigenvalue weighted by Crippen LogP contribution is 2.05. The van der Waals surface area contributed by atoms with Crippen molar-refractivity contribution in [3.05, 3.63) is 0 Å². The van der Waals surface area contributed by atoms with Crippen molar-refractivity contribution in [3.8, 4) is 0 Å². The van der Waals surface area contributed by atoms with Crippen molar-refractivity contribution in [2.45, 2.75) is 90.6 Å². The van der Waals surface area contributed by atoms with Gasteiger partial charge in [0.05, 0.1) is 6.17 Å².